The first-order chi connectivity index (χ1) is 8.99. The minimum atomic E-state index is -0.361. The molecule has 0 radical (unpaired) electrons. The molecule has 0 fully saturated rings. The number of esters is 1. The normalized spacial score (nSPS) is 12.1. The average Bonchev–Trinajstić information content (AvgIpc) is 2.38. The minimum absolute atomic E-state index is 0.251. The summed E-state index contributed by atoms with van der Waals surface area (Å²) in [5.74, 6) is 0.878. The quantitative estimate of drug-likeness (QED) is 0.803. The predicted octanol–water partition coefficient (Wildman–Crippen LogP) is 3.00. The lowest BCUT2D eigenvalue weighted by Gasteiger charge is -2.22. The number of nitrogens with one attached hydrogen (secondary N) is 1. The molecule has 4 nitrogen and oxygen atoms in total. The molecule has 0 aliphatic heterocycles. The van der Waals surface area contributed by atoms with Crippen LogP contribution in [-0.2, 0) is 9.53 Å². The summed E-state index contributed by atoms with van der Waals surface area (Å²) < 4.78 is 10.2. The number of carbonyl (C=O) groups is 1. The lowest BCUT2D eigenvalue weighted by Crippen LogP contribution is -2.32. The lowest BCUT2D eigenvalue weighted by atomic mass is 10.0. The number of hydrogen-bond acceptors (Lipinski definition) is 4. The van der Waals surface area contributed by atoms with Gasteiger partial charge in [0.05, 0.1) is 19.9 Å². The number of methoxy groups -OCH3 is 2. The van der Waals surface area contributed by atoms with Crippen molar-refractivity contribution < 1.29 is 14.3 Å². The molecule has 19 heavy (non-hydrogen) atoms. The van der Waals surface area contributed by atoms with Gasteiger partial charge in [0, 0.05) is 0 Å². The molecule has 0 aliphatic carbocycles. The van der Waals surface area contributed by atoms with Crippen LogP contribution in [0, 0.1) is 12.8 Å². The topological polar surface area (TPSA) is 47.6 Å². The number of carbonyl (C=O) groups excluding carboxylic acids is 1. The highest BCUT2D eigenvalue weighted by Gasteiger charge is 2.22. The second kappa shape index (κ2) is 7.02. The van der Waals surface area contributed by atoms with Gasteiger partial charge in [0.1, 0.15) is 11.8 Å². The third-order valence-corrected chi connectivity index (χ3v) is 2.97. The maximum Gasteiger partial charge on any atom is 0.328 e. The molecule has 0 aromatic heterocycles. The van der Waals surface area contributed by atoms with Crippen molar-refractivity contribution in [1.82, 2.24) is 0 Å². The zero-order chi connectivity index (χ0) is 14.4. The molecule has 1 atom stereocenters. The summed E-state index contributed by atoms with van der Waals surface area (Å²) in [6, 6.07) is 5.42. The standard InChI is InChI=1S/C15H23NO3/c1-10(2)9-12(15(17)19-5)16-14-11(3)7-6-8-13(14)18-4/h6-8,10,12,16H,9H2,1-5H3/t12-/m1/s1. The van der Waals surface area contributed by atoms with E-state index < -0.39 is 0 Å². The summed E-state index contributed by atoms with van der Waals surface area (Å²) in [7, 11) is 3.03. The monoisotopic (exact) mass is 265 g/mol. The van der Waals surface area contributed by atoms with Gasteiger partial charge >= 0.3 is 5.97 Å². The Morgan fingerprint density at radius 3 is 2.53 bits per heavy atom. The highest BCUT2D eigenvalue weighted by atomic mass is 16.5. The van der Waals surface area contributed by atoms with Crippen molar-refractivity contribution in [2.45, 2.75) is 33.2 Å². The highest BCUT2D eigenvalue weighted by molar-refractivity contribution is 5.80. The van der Waals surface area contributed by atoms with E-state index in [4.69, 9.17) is 9.47 Å². The molecule has 0 saturated heterocycles. The first-order valence-electron chi connectivity index (χ1n) is 6.47. The van der Waals surface area contributed by atoms with Crippen LogP contribution >= 0.6 is 0 Å². The van der Waals surface area contributed by atoms with E-state index in [0.29, 0.717) is 12.3 Å². The maximum absolute atomic E-state index is 11.8. The van der Waals surface area contributed by atoms with Crippen LogP contribution in [0.4, 0.5) is 5.69 Å². The smallest absolute Gasteiger partial charge is 0.328 e. The number of rotatable bonds is 6. The van der Waals surface area contributed by atoms with Crippen LogP contribution in [0.5, 0.6) is 5.75 Å². The summed E-state index contributed by atoms with van der Waals surface area (Å²) in [5, 5.41) is 3.25. The third-order valence-electron chi connectivity index (χ3n) is 2.97. The van der Waals surface area contributed by atoms with Crippen LogP contribution in [0.2, 0.25) is 0 Å². The Hall–Kier alpha value is -1.71. The van der Waals surface area contributed by atoms with Gasteiger partial charge in [-0.15, -0.1) is 0 Å². The SMILES string of the molecule is COC(=O)[C@@H](CC(C)C)Nc1c(C)cccc1OC. The molecule has 0 heterocycles. The average molecular weight is 265 g/mol. The Labute approximate surface area is 115 Å². The van der Waals surface area contributed by atoms with Gasteiger partial charge < -0.3 is 14.8 Å². The van der Waals surface area contributed by atoms with E-state index >= 15 is 0 Å². The maximum atomic E-state index is 11.8. The van der Waals surface area contributed by atoms with Crippen molar-refractivity contribution in [1.29, 1.82) is 0 Å². The molecule has 0 saturated carbocycles. The summed E-state index contributed by atoms with van der Waals surface area (Å²) in [6.45, 7) is 6.13. The van der Waals surface area contributed by atoms with Crippen molar-refractivity contribution >= 4 is 11.7 Å². The van der Waals surface area contributed by atoms with Gasteiger partial charge in [0.15, 0.2) is 0 Å². The van der Waals surface area contributed by atoms with Gasteiger partial charge in [-0.2, -0.15) is 0 Å². The van der Waals surface area contributed by atoms with E-state index in [1.807, 2.05) is 25.1 Å². The van der Waals surface area contributed by atoms with Gasteiger partial charge in [-0.25, -0.2) is 4.79 Å². The van der Waals surface area contributed by atoms with Crippen LogP contribution in [0.25, 0.3) is 0 Å². The molecule has 1 aromatic carbocycles. The van der Waals surface area contributed by atoms with Crippen LogP contribution in [-0.4, -0.2) is 26.2 Å². The molecule has 0 amide bonds. The van der Waals surface area contributed by atoms with E-state index in [0.717, 1.165) is 17.0 Å². The van der Waals surface area contributed by atoms with Crippen molar-refractivity contribution in [3.8, 4) is 5.75 Å². The summed E-state index contributed by atoms with van der Waals surface area (Å²) in [5.41, 5.74) is 1.89. The van der Waals surface area contributed by atoms with E-state index in [2.05, 4.69) is 19.2 Å². The number of aryl methyl sites for hydroxylation is 1. The third kappa shape index (κ3) is 4.16. The fraction of sp³-hybridized carbons (Fsp3) is 0.533. The van der Waals surface area contributed by atoms with Gasteiger partial charge in [-0.1, -0.05) is 26.0 Å². The van der Waals surface area contributed by atoms with Crippen LogP contribution in [0.15, 0.2) is 18.2 Å². The second-order valence-electron chi connectivity index (χ2n) is 5.00. The Bertz CT molecular complexity index is 429. The summed E-state index contributed by atoms with van der Waals surface area (Å²) in [4.78, 5) is 11.8. The molecule has 1 N–H and O–H groups in total. The second-order valence-corrected chi connectivity index (χ2v) is 5.00. The van der Waals surface area contributed by atoms with Crippen LogP contribution < -0.4 is 10.1 Å². The van der Waals surface area contributed by atoms with Crippen molar-refractivity contribution in [3.63, 3.8) is 0 Å². The van der Waals surface area contributed by atoms with Gasteiger partial charge in [0.2, 0.25) is 0 Å². The van der Waals surface area contributed by atoms with E-state index in [9.17, 15) is 4.79 Å². The zero-order valence-corrected chi connectivity index (χ0v) is 12.3. The number of hydrogen-bond donors (Lipinski definition) is 1. The van der Waals surface area contributed by atoms with Crippen LogP contribution in [0.3, 0.4) is 0 Å². The molecule has 106 valence electrons. The Morgan fingerprint density at radius 2 is 2.00 bits per heavy atom. The Kier molecular flexibility index (Phi) is 5.67. The molecule has 1 aromatic rings. The predicted molar refractivity (Wildman–Crippen MR) is 76.6 cm³/mol. The van der Waals surface area contributed by atoms with E-state index in [1.165, 1.54) is 7.11 Å². The van der Waals surface area contributed by atoms with Gasteiger partial charge in [0.25, 0.3) is 0 Å². The largest absolute Gasteiger partial charge is 0.495 e. The van der Waals surface area contributed by atoms with E-state index in [-0.39, 0.29) is 12.0 Å². The molecular weight excluding hydrogens is 242 g/mol. The van der Waals surface area contributed by atoms with Gasteiger partial charge in [-0.05, 0) is 30.9 Å². The first-order valence-corrected chi connectivity index (χ1v) is 6.47. The van der Waals surface area contributed by atoms with Crippen molar-refractivity contribution in [2.75, 3.05) is 19.5 Å². The fourth-order valence-corrected chi connectivity index (χ4v) is 2.00. The molecule has 1 rings (SSSR count). The summed E-state index contributed by atoms with van der Waals surface area (Å²) >= 11 is 0. The fourth-order valence-electron chi connectivity index (χ4n) is 2.00. The van der Waals surface area contributed by atoms with Gasteiger partial charge in [-0.3, -0.25) is 0 Å². The minimum Gasteiger partial charge on any atom is -0.495 e. The molecule has 4 heteroatoms. The van der Waals surface area contributed by atoms with E-state index in [1.54, 1.807) is 7.11 Å². The molecule has 0 spiro atoms. The Morgan fingerprint density at radius 1 is 1.32 bits per heavy atom. The molecule has 0 bridgehead atoms. The Balaban J connectivity index is 2.98. The number of ether oxygens (including phenoxy) is 2. The first kappa shape index (κ1) is 15.3. The highest BCUT2D eigenvalue weighted by Crippen LogP contribution is 2.29. The zero-order valence-electron chi connectivity index (χ0n) is 12.3. The van der Waals surface area contributed by atoms with Crippen LogP contribution in [0.1, 0.15) is 25.8 Å². The molecule has 0 unspecified atom stereocenters. The summed E-state index contributed by atoms with van der Waals surface area (Å²) in [6.07, 6.45) is 0.712. The number of anilines is 1. The van der Waals surface area contributed by atoms with Crippen molar-refractivity contribution in [3.05, 3.63) is 23.8 Å². The number of para-hydroxylation sites is 1. The molecule has 0 aliphatic rings. The lowest BCUT2D eigenvalue weighted by molar-refractivity contribution is -0.141. The van der Waals surface area contributed by atoms with Crippen molar-refractivity contribution in [2.24, 2.45) is 5.92 Å². The number of benzene rings is 1. The molecular formula is C15H23NO3.